The summed E-state index contributed by atoms with van der Waals surface area (Å²) in [4.78, 5) is 25.3. The molecule has 2 aromatic carbocycles. The van der Waals surface area contributed by atoms with E-state index < -0.39 is 5.97 Å². The van der Waals surface area contributed by atoms with Crippen molar-refractivity contribution in [3.05, 3.63) is 65.2 Å². The van der Waals surface area contributed by atoms with E-state index in [2.05, 4.69) is 16.3 Å². The molecule has 136 valence electrons. The lowest BCUT2D eigenvalue weighted by atomic mass is 9.95. The van der Waals surface area contributed by atoms with E-state index in [1.165, 1.54) is 26.2 Å². The van der Waals surface area contributed by atoms with E-state index in [1.807, 2.05) is 18.2 Å². The highest BCUT2D eigenvalue weighted by Gasteiger charge is 2.22. The summed E-state index contributed by atoms with van der Waals surface area (Å²) in [7, 11) is 0. The van der Waals surface area contributed by atoms with Crippen molar-refractivity contribution < 1.29 is 14.7 Å². The van der Waals surface area contributed by atoms with Crippen LogP contribution in [0.25, 0.3) is 0 Å². The van der Waals surface area contributed by atoms with Gasteiger partial charge < -0.3 is 15.3 Å². The number of amides is 1. The first-order chi connectivity index (χ1) is 12.6. The van der Waals surface area contributed by atoms with Gasteiger partial charge in [-0.15, -0.1) is 0 Å². The zero-order valence-corrected chi connectivity index (χ0v) is 14.9. The average Bonchev–Trinajstić information content (AvgIpc) is 2.67. The molecule has 2 N–H and O–H groups in total. The number of carbonyl (C=O) groups is 2. The summed E-state index contributed by atoms with van der Waals surface area (Å²) >= 11 is 0. The molecule has 26 heavy (non-hydrogen) atoms. The van der Waals surface area contributed by atoms with Gasteiger partial charge in [0, 0.05) is 31.3 Å². The molecule has 5 heteroatoms. The van der Waals surface area contributed by atoms with E-state index in [1.54, 1.807) is 24.3 Å². The second-order valence-electron chi connectivity index (χ2n) is 6.67. The van der Waals surface area contributed by atoms with Crippen LogP contribution in [0, 0.1) is 0 Å². The van der Waals surface area contributed by atoms with Crippen LogP contribution in [0.1, 0.15) is 53.7 Å². The molecule has 3 rings (SSSR count). The fraction of sp³-hybridized carbons (Fsp3) is 0.333. The van der Waals surface area contributed by atoms with Crippen molar-refractivity contribution in [2.75, 3.05) is 18.0 Å². The average molecular weight is 352 g/mol. The normalized spacial score (nSPS) is 15.3. The van der Waals surface area contributed by atoms with Crippen LogP contribution in [-0.4, -0.2) is 30.1 Å². The number of aromatic carboxylic acids is 1. The molecule has 0 spiro atoms. The van der Waals surface area contributed by atoms with Crippen LogP contribution in [0.5, 0.6) is 0 Å². The number of carboxylic acids is 1. The highest BCUT2D eigenvalue weighted by atomic mass is 16.4. The largest absolute Gasteiger partial charge is 0.478 e. The van der Waals surface area contributed by atoms with Crippen molar-refractivity contribution in [2.45, 2.75) is 32.2 Å². The summed E-state index contributed by atoms with van der Waals surface area (Å²) in [6, 6.07) is 14.5. The minimum absolute atomic E-state index is 0.120. The fourth-order valence-electron chi connectivity index (χ4n) is 3.52. The summed E-state index contributed by atoms with van der Waals surface area (Å²) < 4.78 is 0. The summed E-state index contributed by atoms with van der Waals surface area (Å²) in [5, 5.41) is 12.1. The first-order valence-electron chi connectivity index (χ1n) is 9.00. The molecule has 1 aliphatic rings. The maximum atomic E-state index is 11.8. The van der Waals surface area contributed by atoms with Crippen molar-refractivity contribution in [2.24, 2.45) is 0 Å². The third-order valence-electron chi connectivity index (χ3n) is 4.78. The molecule has 0 saturated carbocycles. The van der Waals surface area contributed by atoms with E-state index >= 15 is 0 Å². The van der Waals surface area contributed by atoms with Crippen molar-refractivity contribution in [3.63, 3.8) is 0 Å². The van der Waals surface area contributed by atoms with Gasteiger partial charge in [-0.05, 0) is 43.0 Å². The van der Waals surface area contributed by atoms with Crippen LogP contribution in [0.15, 0.2) is 48.5 Å². The highest BCUT2D eigenvalue weighted by Crippen LogP contribution is 2.32. The van der Waals surface area contributed by atoms with Crippen LogP contribution in [-0.2, 0) is 4.79 Å². The van der Waals surface area contributed by atoms with Crippen LogP contribution >= 0.6 is 0 Å². The van der Waals surface area contributed by atoms with Crippen molar-refractivity contribution in [3.8, 4) is 0 Å². The third kappa shape index (κ3) is 4.04. The number of nitrogens with one attached hydrogen (secondary N) is 1. The predicted octanol–water partition coefficient (Wildman–Crippen LogP) is 3.60. The van der Waals surface area contributed by atoms with Crippen LogP contribution in [0.2, 0.25) is 0 Å². The van der Waals surface area contributed by atoms with Crippen molar-refractivity contribution in [1.29, 1.82) is 0 Å². The molecule has 1 amide bonds. The Morgan fingerprint density at radius 1 is 1.00 bits per heavy atom. The molecule has 1 atom stereocenters. The number of rotatable bonds is 5. The van der Waals surface area contributed by atoms with Crippen LogP contribution in [0.3, 0.4) is 0 Å². The van der Waals surface area contributed by atoms with E-state index in [0.717, 1.165) is 29.9 Å². The molecule has 1 unspecified atom stereocenters. The second-order valence-corrected chi connectivity index (χ2v) is 6.67. The fourth-order valence-corrected chi connectivity index (χ4v) is 3.52. The molecule has 1 saturated heterocycles. The summed E-state index contributed by atoms with van der Waals surface area (Å²) in [6.07, 6.45) is 3.60. The summed E-state index contributed by atoms with van der Waals surface area (Å²) in [5.41, 5.74) is 3.27. The minimum Gasteiger partial charge on any atom is -0.478 e. The molecule has 1 aliphatic heterocycles. The lowest BCUT2D eigenvalue weighted by Gasteiger charge is -2.33. The highest BCUT2D eigenvalue weighted by molar-refractivity contribution is 5.87. The van der Waals surface area contributed by atoms with Gasteiger partial charge in [-0.3, -0.25) is 4.79 Å². The van der Waals surface area contributed by atoms with Gasteiger partial charge in [0.2, 0.25) is 5.91 Å². The van der Waals surface area contributed by atoms with Gasteiger partial charge in [0.15, 0.2) is 0 Å². The number of para-hydroxylation sites is 1. The van der Waals surface area contributed by atoms with E-state index in [9.17, 15) is 9.59 Å². The number of hydrogen-bond donors (Lipinski definition) is 2. The zero-order valence-electron chi connectivity index (χ0n) is 14.9. The van der Waals surface area contributed by atoms with E-state index in [0.29, 0.717) is 0 Å². The minimum atomic E-state index is -0.957. The molecule has 1 fully saturated rings. The zero-order chi connectivity index (χ0) is 18.5. The van der Waals surface area contributed by atoms with Gasteiger partial charge in [-0.2, -0.15) is 0 Å². The molecule has 0 radical (unpaired) electrons. The Morgan fingerprint density at radius 3 is 2.27 bits per heavy atom. The Labute approximate surface area is 153 Å². The van der Waals surface area contributed by atoms with Gasteiger partial charge in [-0.25, -0.2) is 4.79 Å². The standard InChI is InChI=1S/C21H24N2O3/c1-15(24)22-20(16-9-11-17(12-10-16)21(25)26)18-7-3-4-8-19(18)23-13-5-2-6-14-23/h3-4,7-12,20H,2,5-6,13-14H2,1H3,(H,22,24)(H,25,26). The Balaban J connectivity index is 2.00. The lowest BCUT2D eigenvalue weighted by Crippen LogP contribution is -2.33. The Morgan fingerprint density at radius 2 is 1.65 bits per heavy atom. The monoisotopic (exact) mass is 352 g/mol. The number of carboxylic acid groups (broad SMARTS) is 1. The molecule has 1 heterocycles. The topological polar surface area (TPSA) is 69.6 Å². The van der Waals surface area contributed by atoms with Gasteiger partial charge in [0.1, 0.15) is 0 Å². The number of hydrogen-bond acceptors (Lipinski definition) is 3. The van der Waals surface area contributed by atoms with Crippen LogP contribution in [0.4, 0.5) is 5.69 Å². The molecule has 5 nitrogen and oxygen atoms in total. The smallest absolute Gasteiger partial charge is 0.335 e. The number of piperidine rings is 1. The molecular weight excluding hydrogens is 328 g/mol. The number of anilines is 1. The van der Waals surface area contributed by atoms with Gasteiger partial charge in [0.05, 0.1) is 11.6 Å². The first kappa shape index (κ1) is 18.0. The second kappa shape index (κ2) is 8.04. The summed E-state index contributed by atoms with van der Waals surface area (Å²) in [5.74, 6) is -1.08. The SMILES string of the molecule is CC(=O)NC(c1ccc(C(=O)O)cc1)c1ccccc1N1CCCCC1. The van der Waals surface area contributed by atoms with Gasteiger partial charge in [0.25, 0.3) is 0 Å². The lowest BCUT2D eigenvalue weighted by molar-refractivity contribution is -0.119. The van der Waals surface area contributed by atoms with Gasteiger partial charge in [-0.1, -0.05) is 30.3 Å². The van der Waals surface area contributed by atoms with Gasteiger partial charge >= 0.3 is 5.97 Å². The van der Waals surface area contributed by atoms with Crippen LogP contribution < -0.4 is 10.2 Å². The quantitative estimate of drug-likeness (QED) is 0.863. The maximum Gasteiger partial charge on any atom is 0.335 e. The van der Waals surface area contributed by atoms with E-state index in [-0.39, 0.29) is 17.5 Å². The first-order valence-corrected chi connectivity index (χ1v) is 9.00. The third-order valence-corrected chi connectivity index (χ3v) is 4.78. The number of carbonyl (C=O) groups excluding carboxylic acids is 1. The summed E-state index contributed by atoms with van der Waals surface area (Å²) in [6.45, 7) is 3.53. The molecule has 2 aromatic rings. The van der Waals surface area contributed by atoms with Crippen molar-refractivity contribution >= 4 is 17.6 Å². The number of nitrogens with zero attached hydrogens (tertiary/aromatic N) is 1. The molecule has 0 aromatic heterocycles. The molecular formula is C21H24N2O3. The Kier molecular flexibility index (Phi) is 5.56. The molecule has 0 aliphatic carbocycles. The molecule has 0 bridgehead atoms. The predicted molar refractivity (Wildman–Crippen MR) is 102 cm³/mol. The Bertz CT molecular complexity index is 780. The Hall–Kier alpha value is -2.82. The number of benzene rings is 2. The van der Waals surface area contributed by atoms with E-state index in [4.69, 9.17) is 5.11 Å². The maximum absolute atomic E-state index is 11.8. The van der Waals surface area contributed by atoms with Crippen molar-refractivity contribution in [1.82, 2.24) is 5.32 Å².